The Hall–Kier alpha value is -2.26. The van der Waals surface area contributed by atoms with Gasteiger partial charge in [0.2, 0.25) is 0 Å². The molecule has 0 amide bonds. The number of unbranched alkanes of at least 4 members (excludes halogenated alkanes) is 9. The predicted molar refractivity (Wildman–Crippen MR) is 168 cm³/mol. The van der Waals surface area contributed by atoms with Gasteiger partial charge in [0.1, 0.15) is 0 Å². The molecule has 1 aliphatic carbocycles. The van der Waals surface area contributed by atoms with Crippen molar-refractivity contribution < 1.29 is 0 Å². The minimum atomic E-state index is 0.939. The van der Waals surface area contributed by atoms with E-state index in [9.17, 15) is 0 Å². The molecule has 0 aromatic heterocycles. The van der Waals surface area contributed by atoms with Crippen LogP contribution in [0, 0.1) is 23.7 Å². The van der Waals surface area contributed by atoms with Crippen molar-refractivity contribution in [3.8, 4) is 11.8 Å². The molecule has 1 saturated carbocycles. The zero-order valence-electron chi connectivity index (χ0n) is 24.7. The second-order valence-electron chi connectivity index (χ2n) is 11.8. The molecular weight excluding hydrogens is 456 g/mol. The summed E-state index contributed by atoms with van der Waals surface area (Å²) in [5.41, 5.74) is 4.92. The Morgan fingerprint density at radius 2 is 1.13 bits per heavy atom. The largest absolute Gasteiger partial charge is 0.0839 e. The lowest BCUT2D eigenvalue weighted by molar-refractivity contribution is 0.248. The average Bonchev–Trinajstić information content (AvgIpc) is 2.96. The van der Waals surface area contributed by atoms with Crippen LogP contribution in [0.15, 0.2) is 54.6 Å². The van der Waals surface area contributed by atoms with E-state index < -0.39 is 0 Å². The van der Waals surface area contributed by atoms with Gasteiger partial charge in [-0.15, -0.1) is 0 Å². The molecule has 0 heteroatoms. The Balaban J connectivity index is 1.31. The lowest BCUT2D eigenvalue weighted by atomic mass is 9.77. The standard InChI is InChI=1S/C38H54/c1-3-5-7-9-10-12-14-16-34-19-23-36(24-20-34)26-28-38-31-29-37(30-32-38)27-25-35-21-17-33(18-22-35)15-13-11-8-6-4-2/h13,15,17-18,21-22,29-32,34,36H,3-12,14,16,19-20,23-24,26,28H2,1-2H3/b15-13+. The van der Waals surface area contributed by atoms with E-state index in [1.165, 1.54) is 127 Å². The Kier molecular flexibility index (Phi) is 15.1. The van der Waals surface area contributed by atoms with Crippen molar-refractivity contribution in [3.63, 3.8) is 0 Å². The van der Waals surface area contributed by atoms with Gasteiger partial charge in [0, 0.05) is 11.1 Å². The molecule has 2 aromatic rings. The number of hydrogen-bond donors (Lipinski definition) is 0. The normalized spacial score (nSPS) is 17.4. The molecule has 2 aromatic carbocycles. The Morgan fingerprint density at radius 3 is 1.76 bits per heavy atom. The Bertz CT molecular complexity index is 942. The van der Waals surface area contributed by atoms with E-state index >= 15 is 0 Å². The van der Waals surface area contributed by atoms with Crippen molar-refractivity contribution in [1.29, 1.82) is 0 Å². The van der Waals surface area contributed by atoms with Crippen LogP contribution in [0.25, 0.3) is 6.08 Å². The molecule has 3 rings (SSSR count). The smallest absolute Gasteiger partial charge is 0.0249 e. The van der Waals surface area contributed by atoms with E-state index in [1.54, 1.807) is 0 Å². The fourth-order valence-electron chi connectivity index (χ4n) is 5.88. The van der Waals surface area contributed by atoms with Gasteiger partial charge in [-0.2, -0.15) is 0 Å². The third-order valence-corrected chi connectivity index (χ3v) is 8.52. The summed E-state index contributed by atoms with van der Waals surface area (Å²) in [4.78, 5) is 0. The minimum absolute atomic E-state index is 0.939. The van der Waals surface area contributed by atoms with E-state index in [1.807, 2.05) is 0 Å². The van der Waals surface area contributed by atoms with Gasteiger partial charge in [0.25, 0.3) is 0 Å². The van der Waals surface area contributed by atoms with E-state index in [-0.39, 0.29) is 0 Å². The van der Waals surface area contributed by atoms with Crippen molar-refractivity contribution in [2.75, 3.05) is 0 Å². The van der Waals surface area contributed by atoms with Crippen LogP contribution in [0.3, 0.4) is 0 Å². The number of benzene rings is 2. The zero-order chi connectivity index (χ0) is 26.7. The molecule has 0 aliphatic heterocycles. The first-order valence-electron chi connectivity index (χ1n) is 16.1. The van der Waals surface area contributed by atoms with Gasteiger partial charge < -0.3 is 0 Å². The summed E-state index contributed by atoms with van der Waals surface area (Å²) in [6.45, 7) is 4.56. The molecule has 0 nitrogen and oxygen atoms in total. The van der Waals surface area contributed by atoms with Crippen molar-refractivity contribution in [3.05, 3.63) is 76.9 Å². The summed E-state index contributed by atoms with van der Waals surface area (Å²) in [6.07, 6.45) is 29.6. The average molecular weight is 511 g/mol. The zero-order valence-corrected chi connectivity index (χ0v) is 24.7. The van der Waals surface area contributed by atoms with Crippen LogP contribution in [-0.2, 0) is 6.42 Å². The van der Waals surface area contributed by atoms with Crippen molar-refractivity contribution >= 4 is 6.08 Å². The van der Waals surface area contributed by atoms with Crippen molar-refractivity contribution in [2.24, 2.45) is 11.8 Å². The number of aryl methyl sites for hydroxylation is 1. The highest BCUT2D eigenvalue weighted by Crippen LogP contribution is 2.34. The highest BCUT2D eigenvalue weighted by atomic mass is 14.3. The lowest BCUT2D eigenvalue weighted by Crippen LogP contribution is -2.15. The second-order valence-corrected chi connectivity index (χ2v) is 11.8. The summed E-state index contributed by atoms with van der Waals surface area (Å²) in [7, 11) is 0. The van der Waals surface area contributed by atoms with Crippen molar-refractivity contribution in [2.45, 2.75) is 129 Å². The SMILES string of the molecule is CCCCC/C=C/c1ccc(C#Cc2ccc(CCC3CCC(CCCCCCCCC)CC3)cc2)cc1. The van der Waals surface area contributed by atoms with Gasteiger partial charge in [0.05, 0.1) is 0 Å². The number of allylic oxidation sites excluding steroid dienone is 1. The predicted octanol–water partition coefficient (Wildman–Crippen LogP) is 11.6. The molecule has 1 aliphatic rings. The first-order chi connectivity index (χ1) is 18.8. The first kappa shape index (κ1) is 30.3. The molecular formula is C38H54. The van der Waals surface area contributed by atoms with E-state index in [4.69, 9.17) is 0 Å². The van der Waals surface area contributed by atoms with Crippen molar-refractivity contribution in [1.82, 2.24) is 0 Å². The highest BCUT2D eigenvalue weighted by molar-refractivity contribution is 5.52. The molecule has 1 fully saturated rings. The molecule has 0 atom stereocenters. The van der Waals surface area contributed by atoms with Gasteiger partial charge in [-0.3, -0.25) is 0 Å². The van der Waals surface area contributed by atoms with Crippen LogP contribution < -0.4 is 0 Å². The molecule has 0 heterocycles. The Labute approximate surface area is 235 Å². The third kappa shape index (κ3) is 12.5. The summed E-state index contributed by atoms with van der Waals surface area (Å²) in [5, 5.41) is 0. The van der Waals surface area contributed by atoms with Gasteiger partial charge in [0.15, 0.2) is 0 Å². The maximum absolute atomic E-state index is 3.35. The molecule has 0 unspecified atom stereocenters. The monoisotopic (exact) mass is 510 g/mol. The molecule has 0 saturated heterocycles. The molecule has 38 heavy (non-hydrogen) atoms. The minimum Gasteiger partial charge on any atom is -0.0839 e. The van der Waals surface area contributed by atoms with E-state index in [0.717, 1.165) is 23.0 Å². The number of hydrogen-bond acceptors (Lipinski definition) is 0. The summed E-state index contributed by atoms with van der Waals surface area (Å²) in [6, 6.07) is 17.6. The van der Waals surface area contributed by atoms with Crippen LogP contribution in [0.1, 0.15) is 145 Å². The van der Waals surface area contributed by atoms with Gasteiger partial charge in [-0.25, -0.2) is 0 Å². The Morgan fingerprint density at radius 1 is 0.605 bits per heavy atom. The fourth-order valence-corrected chi connectivity index (χ4v) is 5.88. The third-order valence-electron chi connectivity index (χ3n) is 8.52. The number of rotatable bonds is 16. The van der Waals surface area contributed by atoms with Gasteiger partial charge in [-0.05, 0) is 72.9 Å². The maximum atomic E-state index is 3.35. The molecule has 0 N–H and O–H groups in total. The topological polar surface area (TPSA) is 0 Å². The van der Waals surface area contributed by atoms with Crippen LogP contribution >= 0.6 is 0 Å². The molecule has 0 radical (unpaired) electrons. The van der Waals surface area contributed by atoms with Gasteiger partial charge >= 0.3 is 0 Å². The summed E-state index contributed by atoms with van der Waals surface area (Å²) < 4.78 is 0. The highest BCUT2D eigenvalue weighted by Gasteiger charge is 2.20. The fraction of sp³-hybridized carbons (Fsp3) is 0.579. The summed E-state index contributed by atoms with van der Waals surface area (Å²) >= 11 is 0. The quantitative estimate of drug-likeness (QED) is 0.156. The first-order valence-corrected chi connectivity index (χ1v) is 16.1. The van der Waals surface area contributed by atoms with Crippen LogP contribution in [0.5, 0.6) is 0 Å². The molecule has 0 bridgehead atoms. The molecule has 0 spiro atoms. The lowest BCUT2D eigenvalue weighted by Gasteiger charge is -2.28. The van der Waals surface area contributed by atoms with Crippen LogP contribution in [0.2, 0.25) is 0 Å². The van der Waals surface area contributed by atoms with E-state index in [0.29, 0.717) is 0 Å². The maximum Gasteiger partial charge on any atom is 0.0249 e. The summed E-state index contributed by atoms with van der Waals surface area (Å²) in [5.74, 6) is 8.64. The second kappa shape index (κ2) is 18.9. The van der Waals surface area contributed by atoms with Crippen LogP contribution in [-0.4, -0.2) is 0 Å². The van der Waals surface area contributed by atoms with E-state index in [2.05, 4.69) is 86.4 Å². The van der Waals surface area contributed by atoms with Crippen LogP contribution in [0.4, 0.5) is 0 Å². The van der Waals surface area contributed by atoms with Gasteiger partial charge in [-0.1, -0.05) is 152 Å². The molecule has 206 valence electrons.